The van der Waals surface area contributed by atoms with Crippen LogP contribution in [0, 0.1) is 35.0 Å². The molecule has 176 valence electrons. The maximum atomic E-state index is 13.9. The van der Waals surface area contributed by atoms with Gasteiger partial charge in [0.15, 0.2) is 6.23 Å². The van der Waals surface area contributed by atoms with E-state index in [0.29, 0.717) is 0 Å². The Balaban J connectivity index is 2.29. The van der Waals surface area contributed by atoms with Crippen LogP contribution in [0.1, 0.15) is 50.3 Å². The Morgan fingerprint density at radius 3 is 2.58 bits per heavy atom. The van der Waals surface area contributed by atoms with Crippen LogP contribution in [0.4, 0.5) is 13.2 Å². The number of alkyl halides is 3. The molecule has 33 heavy (non-hydrogen) atoms. The number of ether oxygens (including phenoxy) is 1. The third-order valence-corrected chi connectivity index (χ3v) is 6.25. The number of hydrazine groups is 1. The summed E-state index contributed by atoms with van der Waals surface area (Å²) >= 11 is 0. The molecule has 0 radical (unpaired) electrons. The van der Waals surface area contributed by atoms with Crippen LogP contribution in [0.15, 0.2) is 29.7 Å². The average molecular weight is 461 g/mol. The van der Waals surface area contributed by atoms with Gasteiger partial charge in [-0.2, -0.15) is 18.4 Å². The topological polar surface area (TPSA) is 126 Å². The first-order valence-electron chi connectivity index (χ1n) is 10.5. The third-order valence-electron chi connectivity index (χ3n) is 6.25. The van der Waals surface area contributed by atoms with Crippen molar-refractivity contribution in [1.82, 2.24) is 10.9 Å². The zero-order valence-electron chi connectivity index (χ0n) is 18.5. The number of amides is 1. The number of hydrogen-bond donors (Lipinski definition) is 4. The molecule has 0 saturated carbocycles. The number of primary amides is 1. The van der Waals surface area contributed by atoms with Crippen molar-refractivity contribution in [2.24, 2.45) is 23.3 Å². The standard InChI is InChI=1S/C23H26F3N5O2/c1-12(2)22(17(11-27)20(29)33-21-19(22)13(3)30-31-21)15-8-14(6-4-5-7-18(28)32)9-16(10-15)23(24,25)26/h8-10,12-13,19,21,30-31H,5,7,29H2,1-3H3,(H2,28,32). The lowest BCUT2D eigenvalue weighted by Crippen LogP contribution is -2.55. The molecule has 1 aromatic rings. The Bertz CT molecular complexity index is 1080. The molecule has 0 aromatic heterocycles. The number of carbonyl (C=O) groups excluding carboxylic acids is 1. The number of carbonyl (C=O) groups is 1. The number of rotatable bonds is 4. The molecule has 7 nitrogen and oxygen atoms in total. The molecule has 2 heterocycles. The van der Waals surface area contributed by atoms with Crippen LogP contribution in [0.25, 0.3) is 0 Å². The first kappa shape index (κ1) is 24.4. The largest absolute Gasteiger partial charge is 0.458 e. The molecule has 2 aliphatic heterocycles. The Morgan fingerprint density at radius 1 is 1.30 bits per heavy atom. The van der Waals surface area contributed by atoms with Gasteiger partial charge in [0.1, 0.15) is 11.6 Å². The quantitative estimate of drug-likeness (QED) is 0.510. The number of nitrogens with zero attached hydrogens (tertiary/aromatic N) is 1. The average Bonchev–Trinajstić information content (AvgIpc) is 3.09. The molecule has 0 bridgehead atoms. The second-order valence-corrected chi connectivity index (χ2v) is 8.58. The van der Waals surface area contributed by atoms with Crippen LogP contribution in [-0.4, -0.2) is 18.2 Å². The van der Waals surface area contributed by atoms with Gasteiger partial charge in [0.25, 0.3) is 0 Å². The molecule has 3 rings (SSSR count). The molecule has 0 spiro atoms. The summed E-state index contributed by atoms with van der Waals surface area (Å²) < 4.78 is 47.3. The molecule has 4 atom stereocenters. The molecule has 1 saturated heterocycles. The van der Waals surface area contributed by atoms with Gasteiger partial charge in [-0.1, -0.05) is 25.7 Å². The predicted molar refractivity (Wildman–Crippen MR) is 114 cm³/mol. The fourth-order valence-corrected chi connectivity index (χ4v) is 4.90. The van der Waals surface area contributed by atoms with Gasteiger partial charge in [0, 0.05) is 35.8 Å². The van der Waals surface area contributed by atoms with Gasteiger partial charge < -0.3 is 16.2 Å². The van der Waals surface area contributed by atoms with Gasteiger partial charge in [-0.25, -0.2) is 5.43 Å². The molecule has 6 N–H and O–H groups in total. The summed E-state index contributed by atoms with van der Waals surface area (Å²) in [4.78, 5) is 10.9. The van der Waals surface area contributed by atoms with E-state index in [1.807, 2.05) is 20.8 Å². The third kappa shape index (κ3) is 4.37. The van der Waals surface area contributed by atoms with Crippen LogP contribution < -0.4 is 22.3 Å². The van der Waals surface area contributed by atoms with E-state index < -0.39 is 35.2 Å². The van der Waals surface area contributed by atoms with Crippen LogP contribution in [0.5, 0.6) is 0 Å². The molecule has 1 aromatic carbocycles. The van der Waals surface area contributed by atoms with Crippen molar-refractivity contribution in [2.45, 2.75) is 57.5 Å². The first-order valence-corrected chi connectivity index (χ1v) is 10.5. The number of allylic oxidation sites excluding steroid dienone is 1. The highest BCUT2D eigenvalue weighted by atomic mass is 19.4. The molecule has 0 aliphatic carbocycles. The van der Waals surface area contributed by atoms with E-state index in [1.165, 1.54) is 0 Å². The zero-order chi connectivity index (χ0) is 24.6. The van der Waals surface area contributed by atoms with Gasteiger partial charge >= 0.3 is 6.18 Å². The van der Waals surface area contributed by atoms with Gasteiger partial charge in [-0.3, -0.25) is 10.2 Å². The smallest absolute Gasteiger partial charge is 0.416 e. The van der Waals surface area contributed by atoms with E-state index in [1.54, 1.807) is 6.07 Å². The maximum absolute atomic E-state index is 13.9. The van der Waals surface area contributed by atoms with E-state index in [2.05, 4.69) is 28.8 Å². The summed E-state index contributed by atoms with van der Waals surface area (Å²) in [5.74, 6) is 4.00. The Hall–Kier alpha value is -3.21. The van der Waals surface area contributed by atoms with Crippen molar-refractivity contribution in [1.29, 1.82) is 5.26 Å². The Morgan fingerprint density at radius 2 is 2.00 bits per heavy atom. The predicted octanol–water partition coefficient (Wildman–Crippen LogP) is 2.38. The second kappa shape index (κ2) is 8.97. The van der Waals surface area contributed by atoms with E-state index >= 15 is 0 Å². The normalized spacial score (nSPS) is 26.8. The van der Waals surface area contributed by atoms with Crippen molar-refractivity contribution in [3.05, 3.63) is 46.3 Å². The summed E-state index contributed by atoms with van der Waals surface area (Å²) in [6.07, 6.45) is -5.15. The van der Waals surface area contributed by atoms with Crippen molar-refractivity contribution >= 4 is 5.91 Å². The highest BCUT2D eigenvalue weighted by Crippen LogP contribution is 2.53. The van der Waals surface area contributed by atoms with Crippen molar-refractivity contribution < 1.29 is 22.7 Å². The zero-order valence-corrected chi connectivity index (χ0v) is 18.5. The van der Waals surface area contributed by atoms with Crippen LogP contribution in [0.3, 0.4) is 0 Å². The minimum absolute atomic E-state index is 0.00253. The fourth-order valence-electron chi connectivity index (χ4n) is 4.90. The second-order valence-electron chi connectivity index (χ2n) is 8.58. The van der Waals surface area contributed by atoms with Gasteiger partial charge in [-0.05, 0) is 36.6 Å². The number of nitrogens with two attached hydrogens (primary N) is 2. The van der Waals surface area contributed by atoms with E-state index in [0.717, 1.165) is 12.1 Å². The molecule has 10 heteroatoms. The summed E-state index contributed by atoms with van der Waals surface area (Å²) in [7, 11) is 0. The van der Waals surface area contributed by atoms with Crippen LogP contribution in [-0.2, 0) is 21.1 Å². The number of fused-ring (bicyclic) bond motifs is 1. The van der Waals surface area contributed by atoms with Gasteiger partial charge in [-0.15, -0.1) is 0 Å². The lowest BCUT2D eigenvalue weighted by Gasteiger charge is -2.48. The van der Waals surface area contributed by atoms with E-state index in [-0.39, 0.29) is 47.4 Å². The summed E-state index contributed by atoms with van der Waals surface area (Å²) in [6.45, 7) is 5.56. The SMILES string of the molecule is CC1NNC2OC(N)=C(C#N)C(c3cc(C#CCCC(N)=O)cc(C(F)(F)F)c3)(C(C)C)C12. The summed E-state index contributed by atoms with van der Waals surface area (Å²) in [6, 6.07) is 5.44. The highest BCUT2D eigenvalue weighted by molar-refractivity contribution is 5.74. The fraction of sp³-hybridized carbons (Fsp3) is 0.478. The summed E-state index contributed by atoms with van der Waals surface area (Å²) in [5, 5.41) is 10.0. The number of hydrogen-bond acceptors (Lipinski definition) is 6. The Kier molecular flexibility index (Phi) is 6.64. The van der Waals surface area contributed by atoms with Crippen LogP contribution in [0.2, 0.25) is 0 Å². The first-order chi connectivity index (χ1) is 15.4. The number of nitrogens with one attached hydrogen (secondary N) is 2. The molecule has 1 amide bonds. The molecule has 1 fully saturated rings. The molecule has 2 aliphatic rings. The molecular weight excluding hydrogens is 435 g/mol. The van der Waals surface area contributed by atoms with Crippen molar-refractivity contribution in [3.8, 4) is 17.9 Å². The van der Waals surface area contributed by atoms with Gasteiger partial charge in [0.2, 0.25) is 11.8 Å². The van der Waals surface area contributed by atoms with Crippen LogP contribution >= 0.6 is 0 Å². The number of nitriles is 1. The van der Waals surface area contributed by atoms with Crippen molar-refractivity contribution in [2.75, 3.05) is 0 Å². The summed E-state index contributed by atoms with van der Waals surface area (Å²) in [5.41, 5.74) is 15.7. The highest BCUT2D eigenvalue weighted by Gasteiger charge is 2.59. The number of halogens is 3. The maximum Gasteiger partial charge on any atom is 0.416 e. The minimum Gasteiger partial charge on any atom is -0.458 e. The lowest BCUT2D eigenvalue weighted by atomic mass is 9.56. The lowest BCUT2D eigenvalue weighted by molar-refractivity contribution is -0.137. The van der Waals surface area contributed by atoms with Gasteiger partial charge in [0.05, 0.1) is 5.56 Å². The van der Waals surface area contributed by atoms with E-state index in [4.69, 9.17) is 16.2 Å². The van der Waals surface area contributed by atoms with E-state index in [9.17, 15) is 23.2 Å². The molecular formula is C23H26F3N5O2. The minimum atomic E-state index is -4.64. The van der Waals surface area contributed by atoms with Crippen molar-refractivity contribution in [3.63, 3.8) is 0 Å². The number of benzene rings is 1. The molecule has 4 unspecified atom stereocenters. The monoisotopic (exact) mass is 461 g/mol. The Labute approximate surface area is 190 Å².